The second kappa shape index (κ2) is 4.40. The first-order chi connectivity index (χ1) is 6.16. The Balaban J connectivity index is 2.40. The van der Waals surface area contributed by atoms with Gasteiger partial charge in [0.25, 0.3) is 0 Å². The minimum Gasteiger partial charge on any atom is -0.393 e. The van der Waals surface area contributed by atoms with Gasteiger partial charge in [0.2, 0.25) is 0 Å². The van der Waals surface area contributed by atoms with Crippen LogP contribution in [0.2, 0.25) is 0 Å². The van der Waals surface area contributed by atoms with Gasteiger partial charge in [0, 0.05) is 0 Å². The lowest BCUT2D eigenvalue weighted by Gasteiger charge is -2.07. The summed E-state index contributed by atoms with van der Waals surface area (Å²) in [5.74, 6) is -1.09. The van der Waals surface area contributed by atoms with E-state index < -0.39 is 0 Å². The molecule has 1 saturated heterocycles. The third-order valence-electron chi connectivity index (χ3n) is 2.60. The monoisotopic (exact) mass is 184 g/mol. The van der Waals surface area contributed by atoms with Gasteiger partial charge in [0.1, 0.15) is 0 Å². The molecule has 0 saturated carbocycles. The van der Waals surface area contributed by atoms with Crippen molar-refractivity contribution in [2.45, 2.75) is 39.5 Å². The molecule has 0 aromatic rings. The molecule has 13 heavy (non-hydrogen) atoms. The zero-order valence-corrected chi connectivity index (χ0v) is 8.21. The maximum Gasteiger partial charge on any atom is 0.317 e. The first kappa shape index (κ1) is 10.2. The second-order valence-corrected chi connectivity index (χ2v) is 3.63. The Hall–Kier alpha value is -0.860. The van der Waals surface area contributed by atoms with E-state index in [1.165, 1.54) is 0 Å². The van der Waals surface area contributed by atoms with E-state index in [0.29, 0.717) is 0 Å². The number of carbonyl (C=O) groups is 2. The van der Waals surface area contributed by atoms with E-state index in [1.54, 1.807) is 6.92 Å². The molecule has 0 aromatic carbocycles. The summed E-state index contributed by atoms with van der Waals surface area (Å²) in [5.41, 5.74) is 0. The molecule has 1 fully saturated rings. The van der Waals surface area contributed by atoms with Crippen LogP contribution >= 0.6 is 0 Å². The largest absolute Gasteiger partial charge is 0.393 e. The van der Waals surface area contributed by atoms with E-state index in [9.17, 15) is 9.59 Å². The molecule has 74 valence electrons. The van der Waals surface area contributed by atoms with E-state index in [2.05, 4.69) is 11.7 Å². The number of cyclic esters (lactones) is 2. The number of esters is 2. The Morgan fingerprint density at radius 3 is 2.38 bits per heavy atom. The predicted octanol–water partition coefficient (Wildman–Crippen LogP) is 1.90. The normalized spacial score (nSPS) is 27.8. The Labute approximate surface area is 78.5 Å². The van der Waals surface area contributed by atoms with Crippen molar-refractivity contribution < 1.29 is 14.3 Å². The third kappa shape index (κ3) is 2.29. The highest BCUT2D eigenvalue weighted by Crippen LogP contribution is 2.27. The standard InChI is InChI=1S/C10H16O3/c1-3-4-5-6-8-7(2)9(11)13-10(8)12/h7-8H,3-6H2,1-2H3/t7-,8-/m1/s1. The maximum atomic E-state index is 11.1. The van der Waals surface area contributed by atoms with Crippen molar-refractivity contribution in [3.63, 3.8) is 0 Å². The fourth-order valence-corrected chi connectivity index (χ4v) is 1.62. The first-order valence-electron chi connectivity index (χ1n) is 4.92. The van der Waals surface area contributed by atoms with Gasteiger partial charge in [-0.1, -0.05) is 33.1 Å². The van der Waals surface area contributed by atoms with E-state index >= 15 is 0 Å². The highest BCUT2D eigenvalue weighted by molar-refractivity contribution is 5.96. The summed E-state index contributed by atoms with van der Waals surface area (Å²) in [4.78, 5) is 22.1. The Kier molecular flexibility index (Phi) is 3.46. The molecule has 0 radical (unpaired) electrons. The lowest BCUT2D eigenvalue weighted by atomic mass is 9.91. The molecule has 0 unspecified atom stereocenters. The van der Waals surface area contributed by atoms with Crippen LogP contribution in [0.15, 0.2) is 0 Å². The average Bonchev–Trinajstić information content (AvgIpc) is 2.32. The van der Waals surface area contributed by atoms with Gasteiger partial charge >= 0.3 is 11.9 Å². The van der Waals surface area contributed by atoms with E-state index in [4.69, 9.17) is 0 Å². The van der Waals surface area contributed by atoms with Gasteiger partial charge in [-0.2, -0.15) is 0 Å². The molecule has 3 nitrogen and oxygen atoms in total. The second-order valence-electron chi connectivity index (χ2n) is 3.63. The van der Waals surface area contributed by atoms with Gasteiger partial charge in [-0.3, -0.25) is 9.59 Å². The SMILES string of the molecule is CCCCC[C@H]1C(=O)OC(=O)[C@@H]1C. The molecule has 0 aromatic heterocycles. The summed E-state index contributed by atoms with van der Waals surface area (Å²) in [6.45, 7) is 3.88. The highest BCUT2D eigenvalue weighted by Gasteiger charge is 2.40. The Bertz CT molecular complexity index is 210. The summed E-state index contributed by atoms with van der Waals surface area (Å²) in [6, 6.07) is 0. The highest BCUT2D eigenvalue weighted by atomic mass is 16.6. The van der Waals surface area contributed by atoms with Crippen molar-refractivity contribution in [2.24, 2.45) is 11.8 Å². The zero-order valence-electron chi connectivity index (χ0n) is 8.21. The van der Waals surface area contributed by atoms with Gasteiger partial charge < -0.3 is 4.74 Å². The number of ether oxygens (including phenoxy) is 1. The molecule has 0 aliphatic carbocycles. The number of hydrogen-bond acceptors (Lipinski definition) is 3. The van der Waals surface area contributed by atoms with Crippen LogP contribution in [0.3, 0.4) is 0 Å². The van der Waals surface area contributed by atoms with Crippen LogP contribution in [0.1, 0.15) is 39.5 Å². The molecule has 2 atom stereocenters. The minimum absolute atomic E-state index is 0.181. The van der Waals surface area contributed by atoms with Gasteiger partial charge in [-0.05, 0) is 6.42 Å². The summed E-state index contributed by atoms with van der Waals surface area (Å²) in [6.07, 6.45) is 4.04. The van der Waals surface area contributed by atoms with Crippen LogP contribution in [0.25, 0.3) is 0 Å². The first-order valence-corrected chi connectivity index (χ1v) is 4.92. The predicted molar refractivity (Wildman–Crippen MR) is 47.9 cm³/mol. The molecule has 3 heteroatoms. The van der Waals surface area contributed by atoms with Crippen molar-refractivity contribution in [2.75, 3.05) is 0 Å². The van der Waals surface area contributed by atoms with Crippen LogP contribution < -0.4 is 0 Å². The zero-order chi connectivity index (χ0) is 9.84. The fraction of sp³-hybridized carbons (Fsp3) is 0.800. The van der Waals surface area contributed by atoms with Crippen LogP contribution in [0.5, 0.6) is 0 Å². The topological polar surface area (TPSA) is 43.4 Å². The lowest BCUT2D eigenvalue weighted by molar-refractivity contribution is -0.153. The molecule has 0 bridgehead atoms. The van der Waals surface area contributed by atoms with Crippen LogP contribution in [0.4, 0.5) is 0 Å². The van der Waals surface area contributed by atoms with E-state index in [0.717, 1.165) is 25.7 Å². The number of carbonyl (C=O) groups excluding carboxylic acids is 2. The van der Waals surface area contributed by atoms with Gasteiger partial charge in [0.05, 0.1) is 11.8 Å². The third-order valence-corrected chi connectivity index (χ3v) is 2.60. The Morgan fingerprint density at radius 2 is 1.92 bits per heavy atom. The van der Waals surface area contributed by atoms with Crippen molar-refractivity contribution in [3.05, 3.63) is 0 Å². The van der Waals surface area contributed by atoms with Crippen molar-refractivity contribution in [1.29, 1.82) is 0 Å². The van der Waals surface area contributed by atoms with Crippen LogP contribution in [-0.2, 0) is 14.3 Å². The smallest absolute Gasteiger partial charge is 0.317 e. The van der Waals surface area contributed by atoms with Crippen LogP contribution in [-0.4, -0.2) is 11.9 Å². The molecule has 1 heterocycles. The summed E-state index contributed by atoms with van der Waals surface area (Å²) < 4.78 is 4.54. The molecule has 1 rings (SSSR count). The van der Waals surface area contributed by atoms with Crippen molar-refractivity contribution in [1.82, 2.24) is 0 Å². The van der Waals surface area contributed by atoms with Crippen LogP contribution in [0, 0.1) is 11.8 Å². The average molecular weight is 184 g/mol. The van der Waals surface area contributed by atoms with Crippen molar-refractivity contribution >= 4 is 11.9 Å². The number of rotatable bonds is 4. The molecular weight excluding hydrogens is 168 g/mol. The lowest BCUT2D eigenvalue weighted by Crippen LogP contribution is -2.14. The van der Waals surface area contributed by atoms with E-state index in [1.807, 2.05) is 0 Å². The minimum atomic E-state index is -0.355. The summed E-state index contributed by atoms with van der Waals surface area (Å²) in [5, 5.41) is 0. The number of unbranched alkanes of at least 4 members (excludes halogenated alkanes) is 2. The van der Waals surface area contributed by atoms with Gasteiger partial charge in [-0.25, -0.2) is 0 Å². The number of hydrogen-bond donors (Lipinski definition) is 0. The molecule has 1 aliphatic rings. The molecular formula is C10H16O3. The molecule has 1 aliphatic heterocycles. The van der Waals surface area contributed by atoms with E-state index in [-0.39, 0.29) is 23.8 Å². The molecule has 0 amide bonds. The summed E-state index contributed by atoms with van der Waals surface area (Å²) >= 11 is 0. The van der Waals surface area contributed by atoms with Crippen molar-refractivity contribution in [3.8, 4) is 0 Å². The Morgan fingerprint density at radius 1 is 1.23 bits per heavy atom. The van der Waals surface area contributed by atoms with Gasteiger partial charge in [0.15, 0.2) is 0 Å². The van der Waals surface area contributed by atoms with Gasteiger partial charge in [-0.15, -0.1) is 0 Å². The molecule has 0 N–H and O–H groups in total. The molecule has 0 spiro atoms. The quantitative estimate of drug-likeness (QED) is 0.381. The summed E-state index contributed by atoms with van der Waals surface area (Å²) in [7, 11) is 0. The maximum absolute atomic E-state index is 11.1. The fourth-order valence-electron chi connectivity index (χ4n) is 1.62.